The smallest absolute Gasteiger partial charge is 0.192 e. The summed E-state index contributed by atoms with van der Waals surface area (Å²) in [7, 11) is -3.88. The van der Waals surface area contributed by atoms with Crippen molar-refractivity contribution in [1.29, 1.82) is 0 Å². The van der Waals surface area contributed by atoms with Crippen molar-refractivity contribution >= 4 is 16.6 Å². The molecule has 0 aromatic carbocycles. The highest BCUT2D eigenvalue weighted by atomic mass is 28.4. The zero-order valence-corrected chi connectivity index (χ0v) is 26.9. The van der Waals surface area contributed by atoms with Crippen molar-refractivity contribution in [2.24, 2.45) is 0 Å². The molecule has 0 aliphatic heterocycles. The van der Waals surface area contributed by atoms with Gasteiger partial charge < -0.3 is 8.85 Å². The van der Waals surface area contributed by atoms with Crippen LogP contribution in [0, 0.1) is 23.7 Å². The fourth-order valence-corrected chi connectivity index (χ4v) is 7.30. The molecule has 1 rings (SSSR count). The molecule has 0 aromatic rings. The minimum Gasteiger partial charge on any atom is -0.411 e. The van der Waals surface area contributed by atoms with Crippen LogP contribution in [-0.4, -0.2) is 27.8 Å². The summed E-state index contributed by atoms with van der Waals surface area (Å²) in [6.45, 7) is 28.0. The number of hydrogen-bond donors (Lipinski definition) is 0. The summed E-state index contributed by atoms with van der Waals surface area (Å²) in [6, 6.07) is 0. The van der Waals surface area contributed by atoms with Gasteiger partial charge >= 0.3 is 0 Å². The molecular weight excluding hydrogens is 449 g/mol. The summed E-state index contributed by atoms with van der Waals surface area (Å²) in [4.78, 5) is 0. The van der Waals surface area contributed by atoms with Crippen molar-refractivity contribution in [3.8, 4) is 23.7 Å². The third-order valence-electron chi connectivity index (χ3n) is 8.33. The Morgan fingerprint density at radius 3 is 1.18 bits per heavy atom. The maximum Gasteiger partial charge on any atom is 0.192 e. The van der Waals surface area contributed by atoms with Gasteiger partial charge in [0.25, 0.3) is 0 Å². The van der Waals surface area contributed by atoms with Gasteiger partial charge in [-0.2, -0.15) is 0 Å². The van der Waals surface area contributed by atoms with Crippen LogP contribution in [0.4, 0.5) is 0 Å². The van der Waals surface area contributed by atoms with E-state index in [9.17, 15) is 0 Å². The summed E-state index contributed by atoms with van der Waals surface area (Å²) in [6.07, 6.45) is 10.4. The van der Waals surface area contributed by atoms with Gasteiger partial charge in [-0.25, -0.2) is 0 Å². The lowest BCUT2D eigenvalue weighted by molar-refractivity contribution is 0.0158. The van der Waals surface area contributed by atoms with E-state index >= 15 is 0 Å². The summed E-state index contributed by atoms with van der Waals surface area (Å²) in [5.41, 5.74) is -0.531. The van der Waals surface area contributed by atoms with Crippen LogP contribution in [0.1, 0.15) is 120 Å². The summed E-state index contributed by atoms with van der Waals surface area (Å²) >= 11 is 0. The van der Waals surface area contributed by atoms with Gasteiger partial charge in [0, 0.05) is 25.7 Å². The Kier molecular flexibility index (Phi) is 11.2. The minimum absolute atomic E-state index is 0.172. The lowest BCUT2D eigenvalue weighted by Crippen LogP contribution is -2.51. The second-order valence-electron chi connectivity index (χ2n) is 14.1. The predicted molar refractivity (Wildman–Crippen MR) is 155 cm³/mol. The Balaban J connectivity index is 3.29. The zero-order valence-electron chi connectivity index (χ0n) is 24.9. The van der Waals surface area contributed by atoms with Crippen molar-refractivity contribution in [3.05, 3.63) is 0 Å². The molecule has 196 valence electrons. The zero-order chi connectivity index (χ0) is 26.3. The van der Waals surface area contributed by atoms with E-state index in [4.69, 9.17) is 8.85 Å². The van der Waals surface area contributed by atoms with E-state index in [1.54, 1.807) is 0 Å². The van der Waals surface area contributed by atoms with Crippen LogP contribution in [0.2, 0.25) is 36.3 Å². The maximum atomic E-state index is 7.08. The molecule has 0 bridgehead atoms. The Bertz CT molecular complexity index is 698. The molecule has 4 heteroatoms. The van der Waals surface area contributed by atoms with E-state index in [0.29, 0.717) is 0 Å². The van der Waals surface area contributed by atoms with Crippen LogP contribution in [0.15, 0.2) is 0 Å². The second kappa shape index (κ2) is 12.1. The van der Waals surface area contributed by atoms with Crippen LogP contribution in [0.5, 0.6) is 0 Å². The quantitative estimate of drug-likeness (QED) is 0.280. The lowest BCUT2D eigenvalue weighted by atomic mass is 9.88. The standard InChI is InChI=1S/C30H56O2Si2/c1-27(2,3)33(9,10)31-29(7)23-21-19-17-15-13-14-16-18-20-22-24-30(8,26-25-29)32-34(11,12)28(4,5)6/h13-18,23-26H2,1-12H3. The average molecular weight is 505 g/mol. The highest BCUT2D eigenvalue weighted by Gasteiger charge is 2.46. The molecule has 0 saturated carbocycles. The molecule has 34 heavy (non-hydrogen) atoms. The molecule has 2 unspecified atom stereocenters. The van der Waals surface area contributed by atoms with Gasteiger partial charge in [0.1, 0.15) is 0 Å². The van der Waals surface area contributed by atoms with Gasteiger partial charge in [0.2, 0.25) is 0 Å². The lowest BCUT2D eigenvalue weighted by Gasteiger charge is -2.47. The van der Waals surface area contributed by atoms with Gasteiger partial charge in [0.05, 0.1) is 11.2 Å². The first kappa shape index (κ1) is 31.5. The van der Waals surface area contributed by atoms with E-state index in [-0.39, 0.29) is 21.3 Å². The highest BCUT2D eigenvalue weighted by Crippen LogP contribution is 2.44. The third kappa shape index (κ3) is 10.2. The first-order valence-corrected chi connectivity index (χ1v) is 19.5. The maximum absolute atomic E-state index is 7.08. The molecule has 0 saturated heterocycles. The van der Waals surface area contributed by atoms with Crippen molar-refractivity contribution in [3.63, 3.8) is 0 Å². The molecule has 0 radical (unpaired) electrons. The largest absolute Gasteiger partial charge is 0.411 e. The van der Waals surface area contributed by atoms with Crippen LogP contribution in [0.3, 0.4) is 0 Å². The van der Waals surface area contributed by atoms with Gasteiger partial charge in [-0.05, 0) is 75.8 Å². The van der Waals surface area contributed by atoms with Crippen LogP contribution in [-0.2, 0) is 8.85 Å². The van der Waals surface area contributed by atoms with Crippen molar-refractivity contribution < 1.29 is 8.85 Å². The highest BCUT2D eigenvalue weighted by molar-refractivity contribution is 6.74. The summed E-state index contributed by atoms with van der Waals surface area (Å²) < 4.78 is 14.2. The van der Waals surface area contributed by atoms with E-state index in [0.717, 1.165) is 38.5 Å². The molecule has 0 aromatic heterocycles. The molecule has 0 heterocycles. The molecule has 1 aliphatic rings. The third-order valence-corrected chi connectivity index (χ3v) is 17.6. The monoisotopic (exact) mass is 504 g/mol. The van der Waals surface area contributed by atoms with E-state index in [1.807, 2.05) is 0 Å². The van der Waals surface area contributed by atoms with Crippen molar-refractivity contribution in [2.75, 3.05) is 0 Å². The SMILES string of the molecule is CC1(O[Si](C)(C)C(C)(C)C)CC#CCCCCCCC#CCC(C)(O[Si](C)(C)C(C)(C)C)CC1. The molecule has 0 fully saturated rings. The fraction of sp³-hybridized carbons (Fsp3) is 0.867. The number of hydrogen-bond acceptors (Lipinski definition) is 2. The molecule has 0 spiro atoms. The van der Waals surface area contributed by atoms with Crippen LogP contribution >= 0.6 is 0 Å². The first-order chi connectivity index (χ1) is 15.3. The average Bonchev–Trinajstić information content (AvgIpc) is 2.64. The Morgan fingerprint density at radius 1 is 0.559 bits per heavy atom. The summed E-state index contributed by atoms with van der Waals surface area (Å²) in [5, 5.41) is 0.343. The summed E-state index contributed by atoms with van der Waals surface area (Å²) in [5.74, 6) is 14.0. The molecule has 2 atom stereocenters. The van der Waals surface area contributed by atoms with Crippen LogP contribution in [0.25, 0.3) is 0 Å². The van der Waals surface area contributed by atoms with Gasteiger partial charge in [-0.15, -0.1) is 23.7 Å². The molecular formula is C30H56O2Si2. The van der Waals surface area contributed by atoms with E-state index in [2.05, 4.69) is 105 Å². The Labute approximate surface area is 216 Å². The first-order valence-electron chi connectivity index (χ1n) is 13.6. The van der Waals surface area contributed by atoms with E-state index in [1.165, 1.54) is 25.7 Å². The Hall–Kier alpha value is -0.526. The Morgan fingerprint density at radius 2 is 0.882 bits per heavy atom. The van der Waals surface area contributed by atoms with Crippen molar-refractivity contribution in [2.45, 2.75) is 167 Å². The fourth-order valence-electron chi connectivity index (χ4n) is 3.87. The molecule has 1 aliphatic carbocycles. The van der Waals surface area contributed by atoms with Crippen molar-refractivity contribution in [1.82, 2.24) is 0 Å². The number of rotatable bonds is 4. The van der Waals surface area contributed by atoms with Gasteiger partial charge in [-0.3, -0.25) is 0 Å². The van der Waals surface area contributed by atoms with Gasteiger partial charge in [-0.1, -0.05) is 54.4 Å². The predicted octanol–water partition coefficient (Wildman–Crippen LogP) is 9.47. The van der Waals surface area contributed by atoms with Crippen LogP contribution < -0.4 is 0 Å². The van der Waals surface area contributed by atoms with E-state index < -0.39 is 16.6 Å². The molecule has 0 N–H and O–H groups in total. The van der Waals surface area contributed by atoms with Gasteiger partial charge in [0.15, 0.2) is 16.6 Å². The normalized spacial score (nSPS) is 26.7. The topological polar surface area (TPSA) is 18.5 Å². The second-order valence-corrected chi connectivity index (χ2v) is 23.5. The molecule has 0 amide bonds. The minimum atomic E-state index is -1.94. The molecule has 2 nitrogen and oxygen atoms in total.